The number of carbonyl (C=O) groups is 3. The van der Waals surface area contributed by atoms with Gasteiger partial charge in [0, 0.05) is 40.2 Å². The van der Waals surface area contributed by atoms with Crippen molar-refractivity contribution in [3.8, 4) is 0 Å². The lowest BCUT2D eigenvalue weighted by molar-refractivity contribution is -0.152. The van der Waals surface area contributed by atoms with Gasteiger partial charge in [-0.3, -0.25) is 14.4 Å². The van der Waals surface area contributed by atoms with E-state index >= 15 is 0 Å². The highest BCUT2D eigenvalue weighted by Crippen LogP contribution is 2.22. The number of amides is 2. The normalized spacial score (nSPS) is 12.1. The third kappa shape index (κ3) is 7.00. The molecule has 1 aromatic heterocycles. The second-order valence-electron chi connectivity index (χ2n) is 9.23. The minimum absolute atomic E-state index is 0.0124. The maximum Gasteiger partial charge on any atom is 0.306 e. The van der Waals surface area contributed by atoms with E-state index in [1.54, 1.807) is 17.7 Å². The van der Waals surface area contributed by atoms with Crippen molar-refractivity contribution in [2.45, 2.75) is 44.0 Å². The number of fused-ring (bicyclic) bond motifs is 1. The van der Waals surface area contributed by atoms with Crippen molar-refractivity contribution in [1.82, 2.24) is 24.1 Å². The monoisotopic (exact) mass is 495 g/mol. The molecule has 2 aromatic rings. The standard InChI is InChI=1S/C22H33N5O6S/c1-22(2,3)24-19(28)13-26(6)20(29)14-33-21(30)11-10-18-23-16-12-15(34(31,32)25(4)5)8-9-17(16)27(18)7/h8-9,12H,10-11,13-14H2,1-7H3,(H,24,28). The number of imidazole rings is 1. The van der Waals surface area contributed by atoms with Gasteiger partial charge >= 0.3 is 5.97 Å². The van der Waals surface area contributed by atoms with Crippen LogP contribution < -0.4 is 5.32 Å². The van der Waals surface area contributed by atoms with E-state index in [1.807, 2.05) is 20.8 Å². The Hall–Kier alpha value is -2.99. The number of benzene rings is 1. The summed E-state index contributed by atoms with van der Waals surface area (Å²) in [6.45, 7) is 4.91. The van der Waals surface area contributed by atoms with Crippen molar-refractivity contribution in [1.29, 1.82) is 0 Å². The molecular formula is C22H33N5O6S. The van der Waals surface area contributed by atoms with Gasteiger partial charge in [0.15, 0.2) is 6.61 Å². The molecule has 1 heterocycles. The Morgan fingerprint density at radius 1 is 1.15 bits per heavy atom. The van der Waals surface area contributed by atoms with E-state index in [2.05, 4.69) is 10.3 Å². The number of esters is 1. The summed E-state index contributed by atoms with van der Waals surface area (Å²) in [6.07, 6.45) is 0.235. The summed E-state index contributed by atoms with van der Waals surface area (Å²) in [4.78, 5) is 42.0. The zero-order valence-corrected chi connectivity index (χ0v) is 21.5. The number of hydrogen-bond donors (Lipinski definition) is 1. The van der Waals surface area contributed by atoms with Gasteiger partial charge in [0.2, 0.25) is 15.9 Å². The average molecular weight is 496 g/mol. The van der Waals surface area contributed by atoms with Gasteiger partial charge in [-0.1, -0.05) is 0 Å². The summed E-state index contributed by atoms with van der Waals surface area (Å²) in [7, 11) is 2.56. The Labute approximate surface area is 200 Å². The molecular weight excluding hydrogens is 462 g/mol. The van der Waals surface area contributed by atoms with Crippen LogP contribution in [0.4, 0.5) is 0 Å². The topological polar surface area (TPSA) is 131 Å². The third-order valence-electron chi connectivity index (χ3n) is 4.95. The average Bonchev–Trinajstić information content (AvgIpc) is 3.03. The third-order valence-corrected chi connectivity index (χ3v) is 6.76. The SMILES string of the molecule is CN(CC(=O)NC(C)(C)C)C(=O)COC(=O)CCc1nc2cc(S(=O)(=O)N(C)C)ccc2n1C. The summed E-state index contributed by atoms with van der Waals surface area (Å²) in [5.41, 5.74) is 0.816. The van der Waals surface area contributed by atoms with Crippen LogP contribution in [0.5, 0.6) is 0 Å². The number of hydrogen-bond acceptors (Lipinski definition) is 7. The van der Waals surface area contributed by atoms with E-state index in [9.17, 15) is 22.8 Å². The summed E-state index contributed by atoms with van der Waals surface area (Å²) < 4.78 is 32.7. The lowest BCUT2D eigenvalue weighted by atomic mass is 10.1. The van der Waals surface area contributed by atoms with Gasteiger partial charge in [0.25, 0.3) is 5.91 Å². The first-order valence-corrected chi connectivity index (χ1v) is 12.1. The first-order chi connectivity index (χ1) is 15.6. The van der Waals surface area contributed by atoms with Crippen LogP contribution in [-0.4, -0.2) is 84.8 Å². The fourth-order valence-corrected chi connectivity index (χ4v) is 4.05. The molecule has 0 atom stereocenters. The molecule has 188 valence electrons. The summed E-state index contributed by atoms with van der Waals surface area (Å²) in [5.74, 6) is -0.801. The van der Waals surface area contributed by atoms with Crippen LogP contribution in [0.1, 0.15) is 33.0 Å². The minimum Gasteiger partial charge on any atom is -0.456 e. The van der Waals surface area contributed by atoms with Crippen molar-refractivity contribution in [3.05, 3.63) is 24.0 Å². The highest BCUT2D eigenvalue weighted by Gasteiger charge is 2.21. The lowest BCUT2D eigenvalue weighted by Gasteiger charge is -2.23. The molecule has 0 aliphatic heterocycles. The van der Waals surface area contributed by atoms with Crippen molar-refractivity contribution < 1.29 is 27.5 Å². The summed E-state index contributed by atoms with van der Waals surface area (Å²) in [6, 6.07) is 4.68. The largest absolute Gasteiger partial charge is 0.456 e. The smallest absolute Gasteiger partial charge is 0.306 e. The zero-order valence-electron chi connectivity index (χ0n) is 20.7. The molecule has 1 N–H and O–H groups in total. The van der Waals surface area contributed by atoms with Crippen LogP contribution in [0.15, 0.2) is 23.1 Å². The molecule has 2 rings (SSSR count). The van der Waals surface area contributed by atoms with Crippen LogP contribution in [0, 0.1) is 0 Å². The van der Waals surface area contributed by atoms with Gasteiger partial charge in [-0.25, -0.2) is 17.7 Å². The van der Waals surface area contributed by atoms with Crippen LogP contribution >= 0.6 is 0 Å². The van der Waals surface area contributed by atoms with E-state index in [0.29, 0.717) is 11.3 Å². The summed E-state index contributed by atoms with van der Waals surface area (Å²) in [5, 5.41) is 2.76. The molecule has 0 aliphatic rings. The first kappa shape index (κ1) is 27.3. The number of aromatic nitrogens is 2. The van der Waals surface area contributed by atoms with E-state index in [-0.39, 0.29) is 30.2 Å². The van der Waals surface area contributed by atoms with Gasteiger partial charge in [-0.05, 0) is 39.0 Å². The van der Waals surface area contributed by atoms with Crippen LogP contribution in [0.3, 0.4) is 0 Å². The molecule has 0 bridgehead atoms. The fraction of sp³-hybridized carbons (Fsp3) is 0.545. The number of nitrogens with zero attached hydrogens (tertiary/aromatic N) is 4. The first-order valence-electron chi connectivity index (χ1n) is 10.7. The number of likely N-dealkylation sites (N-methyl/N-ethyl adjacent to an activating group) is 1. The van der Waals surface area contributed by atoms with Gasteiger partial charge in [0.05, 0.1) is 28.9 Å². The highest BCUT2D eigenvalue weighted by atomic mass is 32.2. The van der Waals surface area contributed by atoms with Crippen LogP contribution in [-0.2, 0) is 42.6 Å². The molecule has 0 spiro atoms. The van der Waals surface area contributed by atoms with Crippen LogP contribution in [0.25, 0.3) is 11.0 Å². The molecule has 0 radical (unpaired) electrons. The molecule has 0 saturated carbocycles. The van der Waals surface area contributed by atoms with E-state index in [1.165, 1.54) is 38.2 Å². The Bertz CT molecular complexity index is 1180. The Balaban J connectivity index is 1.93. The Kier molecular flexibility index (Phi) is 8.43. The molecule has 2 amide bonds. The van der Waals surface area contributed by atoms with Gasteiger partial charge in [-0.2, -0.15) is 0 Å². The number of rotatable bonds is 9. The van der Waals surface area contributed by atoms with Gasteiger partial charge in [0.1, 0.15) is 5.82 Å². The predicted molar refractivity (Wildman–Crippen MR) is 126 cm³/mol. The number of nitrogens with one attached hydrogen (secondary N) is 1. The Morgan fingerprint density at radius 3 is 2.38 bits per heavy atom. The molecule has 34 heavy (non-hydrogen) atoms. The lowest BCUT2D eigenvalue weighted by Crippen LogP contribution is -2.46. The minimum atomic E-state index is -3.59. The maximum atomic E-state index is 12.4. The second kappa shape index (κ2) is 10.5. The number of sulfonamides is 1. The molecule has 11 nitrogen and oxygen atoms in total. The van der Waals surface area contributed by atoms with E-state index < -0.39 is 34.0 Å². The molecule has 0 fully saturated rings. The quantitative estimate of drug-likeness (QED) is 0.506. The molecule has 12 heteroatoms. The van der Waals surface area contributed by atoms with Crippen molar-refractivity contribution in [2.24, 2.45) is 7.05 Å². The molecule has 0 saturated heterocycles. The maximum absolute atomic E-state index is 12.4. The second-order valence-corrected chi connectivity index (χ2v) is 11.4. The van der Waals surface area contributed by atoms with E-state index in [0.717, 1.165) is 9.82 Å². The molecule has 0 unspecified atom stereocenters. The number of ether oxygens (including phenoxy) is 1. The van der Waals surface area contributed by atoms with E-state index in [4.69, 9.17) is 4.74 Å². The molecule has 1 aromatic carbocycles. The fourth-order valence-electron chi connectivity index (χ4n) is 3.12. The summed E-state index contributed by atoms with van der Waals surface area (Å²) >= 11 is 0. The highest BCUT2D eigenvalue weighted by molar-refractivity contribution is 7.89. The van der Waals surface area contributed by atoms with Crippen LogP contribution in [0.2, 0.25) is 0 Å². The number of aryl methyl sites for hydroxylation is 2. The van der Waals surface area contributed by atoms with Gasteiger partial charge in [-0.15, -0.1) is 0 Å². The van der Waals surface area contributed by atoms with Gasteiger partial charge < -0.3 is 19.5 Å². The Morgan fingerprint density at radius 2 is 1.79 bits per heavy atom. The number of carbonyl (C=O) groups excluding carboxylic acids is 3. The molecule has 0 aliphatic carbocycles. The predicted octanol–water partition coefficient (Wildman–Crippen LogP) is 0.673. The van der Waals surface area contributed by atoms with Crippen molar-refractivity contribution in [2.75, 3.05) is 34.3 Å². The van der Waals surface area contributed by atoms with Crippen molar-refractivity contribution >= 4 is 38.8 Å². The van der Waals surface area contributed by atoms with Crippen molar-refractivity contribution in [3.63, 3.8) is 0 Å². The zero-order chi connectivity index (χ0) is 25.8.